The Bertz CT molecular complexity index is 2670. The average molecular weight is 784 g/mol. The number of hydrogen-bond acceptors (Lipinski definition) is 4. The van der Waals surface area contributed by atoms with Crippen LogP contribution >= 0.6 is 0 Å². The maximum Gasteiger partial charge on any atom is 0.137 e. The summed E-state index contributed by atoms with van der Waals surface area (Å²) in [5.41, 5.74) is 13.0. The first kappa shape index (κ1) is 39.6. The second-order valence-corrected chi connectivity index (χ2v) is 21.3. The molecule has 1 atom stereocenters. The Morgan fingerprint density at radius 2 is 1.34 bits per heavy atom. The van der Waals surface area contributed by atoms with Gasteiger partial charge < -0.3 is 9.80 Å². The topological polar surface area (TPSA) is 36.7 Å². The number of para-hydroxylation sites is 2. The molecule has 5 heteroatoms. The fraction of sp³-hybridized carbons (Fsp3) is 0.444. The van der Waals surface area contributed by atoms with Crippen LogP contribution in [0.3, 0.4) is 0 Å². The van der Waals surface area contributed by atoms with Crippen LogP contribution in [0.25, 0.3) is 27.6 Å². The number of benzene rings is 4. The predicted octanol–water partition coefficient (Wildman–Crippen LogP) is 14.2. The molecule has 0 amide bonds. The van der Waals surface area contributed by atoms with Gasteiger partial charge in [0.2, 0.25) is 0 Å². The number of fused-ring (bicyclic) bond motifs is 5. The van der Waals surface area contributed by atoms with Gasteiger partial charge in [0.15, 0.2) is 0 Å². The van der Waals surface area contributed by atoms with E-state index in [1.54, 1.807) is 0 Å². The lowest BCUT2D eigenvalue weighted by Crippen LogP contribution is -2.62. The number of amidine groups is 1. The molecule has 2 aromatic heterocycles. The van der Waals surface area contributed by atoms with Crippen LogP contribution in [0.1, 0.15) is 142 Å². The molecule has 0 saturated heterocycles. The van der Waals surface area contributed by atoms with Gasteiger partial charge in [-0.05, 0) is 129 Å². The molecule has 1 aliphatic carbocycles. The summed E-state index contributed by atoms with van der Waals surface area (Å²) in [6.45, 7) is 30.7. The van der Waals surface area contributed by atoms with Gasteiger partial charge >= 0.3 is 0 Å². The maximum absolute atomic E-state index is 5.91. The van der Waals surface area contributed by atoms with Crippen molar-refractivity contribution >= 4 is 44.7 Å². The van der Waals surface area contributed by atoms with E-state index in [4.69, 9.17) is 9.98 Å². The van der Waals surface area contributed by atoms with Crippen molar-refractivity contribution in [2.24, 2.45) is 10.4 Å². The van der Waals surface area contributed by atoms with E-state index in [1.807, 2.05) is 6.20 Å². The molecular formula is C54H65N5. The zero-order chi connectivity index (χ0) is 42.0. The molecule has 0 radical (unpaired) electrons. The summed E-state index contributed by atoms with van der Waals surface area (Å²) in [6, 6.07) is 32.7. The van der Waals surface area contributed by atoms with Gasteiger partial charge in [-0.15, -0.1) is 0 Å². The Hall–Kier alpha value is -4.90. The first-order valence-corrected chi connectivity index (χ1v) is 22.2. The Kier molecular flexibility index (Phi) is 8.92. The van der Waals surface area contributed by atoms with Gasteiger partial charge in [-0.1, -0.05) is 117 Å². The van der Waals surface area contributed by atoms with E-state index >= 15 is 0 Å². The number of aliphatic imine (C=N–C) groups is 1. The molecule has 6 aromatic rings. The zero-order valence-corrected chi connectivity index (χ0v) is 38.0. The molecule has 0 unspecified atom stereocenters. The van der Waals surface area contributed by atoms with Crippen LogP contribution in [0.5, 0.6) is 0 Å². The fourth-order valence-electron chi connectivity index (χ4n) is 11.1. The summed E-state index contributed by atoms with van der Waals surface area (Å²) in [4.78, 5) is 16.3. The zero-order valence-electron chi connectivity index (χ0n) is 38.0. The van der Waals surface area contributed by atoms with Gasteiger partial charge in [-0.3, -0.25) is 9.56 Å². The molecule has 1 saturated carbocycles. The van der Waals surface area contributed by atoms with Gasteiger partial charge in [0, 0.05) is 39.7 Å². The molecule has 1 fully saturated rings. The number of aryl methyl sites for hydroxylation is 2. The third-order valence-corrected chi connectivity index (χ3v) is 15.1. The number of hydrogen-bond donors (Lipinski definition) is 0. The molecule has 3 aliphatic rings. The highest BCUT2D eigenvalue weighted by Crippen LogP contribution is 2.56. The molecule has 0 N–H and O–H groups in total. The lowest BCUT2D eigenvalue weighted by molar-refractivity contribution is 0.0331. The summed E-state index contributed by atoms with van der Waals surface area (Å²) in [6.07, 6.45) is 8.32. The molecule has 59 heavy (non-hydrogen) atoms. The maximum atomic E-state index is 5.91. The van der Waals surface area contributed by atoms with Crippen LogP contribution in [0.4, 0.5) is 17.1 Å². The van der Waals surface area contributed by atoms with Gasteiger partial charge in [0.1, 0.15) is 11.7 Å². The van der Waals surface area contributed by atoms with E-state index in [-0.39, 0.29) is 27.3 Å². The van der Waals surface area contributed by atoms with E-state index < -0.39 is 0 Å². The van der Waals surface area contributed by atoms with Crippen LogP contribution in [0, 0.1) is 19.3 Å². The number of rotatable bonds is 4. The standard InChI is InChI=1S/C54H65N5/c1-34-29-35(2)45(32-39(34)49-56-54(13,51(6,7)8)53(11,12)59(49)37-21-15-14-16-22-37)57-44-26-20-18-24-41(44)52(9,10)42-31-40-38-23-17-19-25-43(38)58(46(40)33-47(42)57)48-30-36(27-28-55-48)50(3,4)5/h17-20,23-33,37H,14-16,21-22H2,1-13H3/t54-/m1/s1. The van der Waals surface area contributed by atoms with Gasteiger partial charge in [-0.2, -0.15) is 0 Å². The third-order valence-electron chi connectivity index (χ3n) is 15.1. The first-order chi connectivity index (χ1) is 27.8. The summed E-state index contributed by atoms with van der Waals surface area (Å²) >= 11 is 0. The van der Waals surface area contributed by atoms with Gasteiger partial charge in [0.25, 0.3) is 0 Å². The summed E-state index contributed by atoms with van der Waals surface area (Å²) in [7, 11) is 0. The van der Waals surface area contributed by atoms with Crippen LogP contribution in [0.15, 0.2) is 96.1 Å². The lowest BCUT2D eigenvalue weighted by atomic mass is 9.64. The van der Waals surface area contributed by atoms with Crippen molar-refractivity contribution in [3.8, 4) is 5.82 Å². The normalized spacial score (nSPS) is 20.6. The van der Waals surface area contributed by atoms with E-state index in [0.29, 0.717) is 6.04 Å². The Morgan fingerprint density at radius 3 is 2.05 bits per heavy atom. The monoisotopic (exact) mass is 784 g/mol. The van der Waals surface area contributed by atoms with Crippen molar-refractivity contribution in [2.45, 2.75) is 150 Å². The van der Waals surface area contributed by atoms with Crippen LogP contribution in [-0.4, -0.2) is 37.4 Å². The van der Waals surface area contributed by atoms with E-state index in [2.05, 4.69) is 189 Å². The highest BCUT2D eigenvalue weighted by atomic mass is 15.4. The average Bonchev–Trinajstić information content (AvgIpc) is 3.62. The van der Waals surface area contributed by atoms with Crippen LogP contribution in [-0.2, 0) is 10.8 Å². The molecule has 5 nitrogen and oxygen atoms in total. The minimum absolute atomic E-state index is 0.00344. The van der Waals surface area contributed by atoms with E-state index in [1.165, 1.54) is 110 Å². The third kappa shape index (κ3) is 5.84. The van der Waals surface area contributed by atoms with Crippen LogP contribution < -0.4 is 4.90 Å². The molecule has 4 heterocycles. The van der Waals surface area contributed by atoms with Crippen molar-refractivity contribution in [3.05, 3.63) is 125 Å². The summed E-state index contributed by atoms with van der Waals surface area (Å²) < 4.78 is 2.39. The first-order valence-electron chi connectivity index (χ1n) is 22.2. The number of pyridine rings is 1. The number of anilines is 3. The van der Waals surface area contributed by atoms with E-state index in [9.17, 15) is 0 Å². The van der Waals surface area contributed by atoms with E-state index in [0.717, 1.165) is 5.82 Å². The minimum atomic E-state index is -0.282. The molecule has 0 spiro atoms. The fourth-order valence-corrected chi connectivity index (χ4v) is 11.1. The largest absolute Gasteiger partial charge is 0.346 e. The number of aromatic nitrogens is 2. The molecular weight excluding hydrogens is 719 g/mol. The second kappa shape index (κ2) is 13.3. The summed E-state index contributed by atoms with van der Waals surface area (Å²) in [5.74, 6) is 2.12. The Morgan fingerprint density at radius 1 is 0.644 bits per heavy atom. The van der Waals surface area contributed by atoms with Crippen LogP contribution in [0.2, 0.25) is 0 Å². The molecule has 9 rings (SSSR count). The van der Waals surface area contributed by atoms with Gasteiger partial charge in [-0.25, -0.2) is 4.98 Å². The van der Waals surface area contributed by atoms with Crippen molar-refractivity contribution in [3.63, 3.8) is 0 Å². The molecule has 2 aliphatic heterocycles. The predicted molar refractivity (Wildman–Crippen MR) is 251 cm³/mol. The SMILES string of the molecule is Cc1cc(C)c(N2c3ccccc3C(C)(C)c3cc4c5ccccc5n(-c5cc(C(C)(C)C)ccn5)c4cc32)cc1C1=N[C@](C)(C(C)(C)C)C(C)(C)N1C1CCCCC1. The Labute approximate surface area is 353 Å². The van der Waals surface area contributed by atoms with Gasteiger partial charge in [0.05, 0.1) is 33.5 Å². The highest BCUT2D eigenvalue weighted by molar-refractivity contribution is 6.12. The molecule has 0 bridgehead atoms. The van der Waals surface area contributed by atoms with Crippen molar-refractivity contribution < 1.29 is 0 Å². The summed E-state index contributed by atoms with van der Waals surface area (Å²) in [5, 5.41) is 2.50. The van der Waals surface area contributed by atoms with Crippen molar-refractivity contribution in [1.29, 1.82) is 0 Å². The Balaban J connectivity index is 1.32. The second-order valence-electron chi connectivity index (χ2n) is 21.3. The highest BCUT2D eigenvalue weighted by Gasteiger charge is 2.59. The lowest BCUT2D eigenvalue weighted by Gasteiger charge is -2.52. The minimum Gasteiger partial charge on any atom is -0.346 e. The molecule has 4 aromatic carbocycles. The van der Waals surface area contributed by atoms with Crippen molar-refractivity contribution in [1.82, 2.24) is 14.5 Å². The molecule has 306 valence electrons. The smallest absolute Gasteiger partial charge is 0.137 e. The quantitative estimate of drug-likeness (QED) is 0.179. The number of nitrogens with zero attached hydrogens (tertiary/aromatic N) is 5. The van der Waals surface area contributed by atoms with Crippen molar-refractivity contribution in [2.75, 3.05) is 4.90 Å².